The Morgan fingerprint density at radius 3 is 3.13 bits per heavy atom. The minimum Gasteiger partial charge on any atom is -0.466 e. The normalized spacial score (nSPS) is 15.7. The number of esters is 1. The van der Waals surface area contributed by atoms with Crippen molar-refractivity contribution in [2.75, 3.05) is 13.7 Å². The number of methoxy groups -OCH3 is 1. The van der Waals surface area contributed by atoms with Crippen LogP contribution in [0.3, 0.4) is 0 Å². The zero-order chi connectivity index (χ0) is 10.8. The fraction of sp³-hybridized carbons (Fsp3) is 0.444. The molecule has 80 valence electrons. The molecule has 1 aliphatic heterocycles. The lowest BCUT2D eigenvalue weighted by molar-refractivity contribution is -0.133. The average Bonchev–Trinajstić information content (AvgIpc) is 2.57. The number of ether oxygens (including phenoxy) is 1. The molecule has 0 saturated carbocycles. The zero-order valence-electron chi connectivity index (χ0n) is 8.23. The van der Waals surface area contributed by atoms with Crippen LogP contribution in [0.15, 0.2) is 9.79 Å². The van der Waals surface area contributed by atoms with Gasteiger partial charge in [0.05, 0.1) is 7.11 Å². The van der Waals surface area contributed by atoms with E-state index in [0.29, 0.717) is 15.9 Å². The third-order valence-corrected chi connectivity index (χ3v) is 3.17. The van der Waals surface area contributed by atoms with Crippen LogP contribution < -0.4 is 14.9 Å². The number of thiazole rings is 1. The highest BCUT2D eigenvalue weighted by Gasteiger charge is 2.09. The van der Waals surface area contributed by atoms with Crippen molar-refractivity contribution in [3.05, 3.63) is 19.7 Å². The van der Waals surface area contributed by atoms with Gasteiger partial charge in [0.15, 0.2) is 4.80 Å². The summed E-state index contributed by atoms with van der Waals surface area (Å²) < 4.78 is 6.47. The lowest BCUT2D eigenvalue weighted by Gasteiger charge is -2.03. The van der Waals surface area contributed by atoms with Crippen molar-refractivity contribution in [2.45, 2.75) is 13.0 Å². The Balaban J connectivity index is 2.62. The molecule has 0 bridgehead atoms. The van der Waals surface area contributed by atoms with Gasteiger partial charge in [-0.3, -0.25) is 14.4 Å². The summed E-state index contributed by atoms with van der Waals surface area (Å²) in [6.45, 7) is 1.43. The summed E-state index contributed by atoms with van der Waals surface area (Å²) in [7, 11) is 1.29. The Hall–Kier alpha value is -1.43. The number of aromatic nitrogens is 1. The van der Waals surface area contributed by atoms with Gasteiger partial charge in [-0.15, -0.1) is 0 Å². The minimum absolute atomic E-state index is 0.149. The maximum atomic E-state index is 11.7. The van der Waals surface area contributed by atoms with Gasteiger partial charge in [-0.1, -0.05) is 11.3 Å². The standard InChI is InChI=1S/C9H10N2O3S/c1-14-7(12)5-6-8(13)11-4-2-3-10-9(11)15-6/h5H,2-4H2,1H3/b6-5-. The zero-order valence-corrected chi connectivity index (χ0v) is 9.04. The predicted octanol–water partition coefficient (Wildman–Crippen LogP) is -1.11. The molecule has 0 atom stereocenters. The summed E-state index contributed by atoms with van der Waals surface area (Å²) in [6, 6.07) is 0. The number of hydrogen-bond donors (Lipinski definition) is 0. The summed E-state index contributed by atoms with van der Waals surface area (Å²) in [4.78, 5) is 27.6. The van der Waals surface area contributed by atoms with Crippen molar-refractivity contribution in [3.63, 3.8) is 0 Å². The molecule has 0 spiro atoms. The summed E-state index contributed by atoms with van der Waals surface area (Å²) >= 11 is 1.23. The molecule has 0 N–H and O–H groups in total. The van der Waals surface area contributed by atoms with Crippen molar-refractivity contribution in [1.29, 1.82) is 0 Å². The van der Waals surface area contributed by atoms with Crippen LogP contribution in [0.4, 0.5) is 0 Å². The van der Waals surface area contributed by atoms with E-state index in [2.05, 4.69) is 9.73 Å². The van der Waals surface area contributed by atoms with Gasteiger partial charge < -0.3 is 4.74 Å². The van der Waals surface area contributed by atoms with E-state index in [0.717, 1.165) is 13.0 Å². The van der Waals surface area contributed by atoms with Gasteiger partial charge in [0.2, 0.25) is 0 Å². The van der Waals surface area contributed by atoms with Crippen LogP contribution in [0.2, 0.25) is 0 Å². The molecule has 2 rings (SSSR count). The van der Waals surface area contributed by atoms with Crippen LogP contribution in [0.5, 0.6) is 0 Å². The van der Waals surface area contributed by atoms with Crippen LogP contribution in [0, 0.1) is 0 Å². The Kier molecular flexibility index (Phi) is 2.68. The first-order chi connectivity index (χ1) is 7.22. The summed E-state index contributed by atoms with van der Waals surface area (Å²) in [5.74, 6) is -0.508. The molecule has 5 nitrogen and oxygen atoms in total. The van der Waals surface area contributed by atoms with Crippen molar-refractivity contribution >= 4 is 23.4 Å². The molecule has 0 radical (unpaired) electrons. The number of fused-ring (bicyclic) bond motifs is 1. The molecule has 0 saturated heterocycles. The monoisotopic (exact) mass is 226 g/mol. The highest BCUT2D eigenvalue weighted by molar-refractivity contribution is 7.07. The number of hydrogen-bond acceptors (Lipinski definition) is 5. The lowest BCUT2D eigenvalue weighted by atomic mass is 10.4. The van der Waals surface area contributed by atoms with Gasteiger partial charge >= 0.3 is 5.97 Å². The molecular formula is C9H10N2O3S. The number of carbonyl (C=O) groups excluding carboxylic acids is 1. The van der Waals surface area contributed by atoms with Gasteiger partial charge in [0.1, 0.15) is 4.53 Å². The van der Waals surface area contributed by atoms with E-state index in [4.69, 9.17) is 0 Å². The Morgan fingerprint density at radius 1 is 1.67 bits per heavy atom. The largest absolute Gasteiger partial charge is 0.466 e. The first kappa shape index (κ1) is 10.1. The van der Waals surface area contributed by atoms with E-state index >= 15 is 0 Å². The van der Waals surface area contributed by atoms with Gasteiger partial charge in [-0.2, -0.15) is 0 Å². The molecule has 6 heteroatoms. The van der Waals surface area contributed by atoms with Gasteiger partial charge in [0, 0.05) is 19.2 Å². The highest BCUT2D eigenvalue weighted by Crippen LogP contribution is 1.91. The molecule has 0 unspecified atom stereocenters. The first-order valence-electron chi connectivity index (χ1n) is 4.56. The van der Waals surface area contributed by atoms with E-state index in [-0.39, 0.29) is 5.56 Å². The summed E-state index contributed by atoms with van der Waals surface area (Å²) in [6.07, 6.45) is 2.09. The fourth-order valence-electron chi connectivity index (χ4n) is 1.39. The van der Waals surface area contributed by atoms with Crippen molar-refractivity contribution in [2.24, 2.45) is 4.99 Å². The number of rotatable bonds is 1. The van der Waals surface area contributed by atoms with E-state index < -0.39 is 5.97 Å². The smallest absolute Gasteiger partial charge is 0.332 e. The molecule has 0 aromatic carbocycles. The molecule has 2 heterocycles. The van der Waals surface area contributed by atoms with Crippen LogP contribution in [-0.2, 0) is 16.1 Å². The number of nitrogens with zero attached hydrogens (tertiary/aromatic N) is 2. The number of carbonyl (C=O) groups is 1. The van der Waals surface area contributed by atoms with Crippen LogP contribution in [0.1, 0.15) is 6.42 Å². The van der Waals surface area contributed by atoms with E-state index in [9.17, 15) is 9.59 Å². The maximum Gasteiger partial charge on any atom is 0.332 e. The quantitative estimate of drug-likeness (QED) is 0.570. The van der Waals surface area contributed by atoms with Gasteiger partial charge in [0.25, 0.3) is 5.56 Å². The fourth-order valence-corrected chi connectivity index (χ4v) is 2.38. The van der Waals surface area contributed by atoms with E-state index in [1.165, 1.54) is 24.5 Å². The Morgan fingerprint density at radius 2 is 2.47 bits per heavy atom. The second-order valence-electron chi connectivity index (χ2n) is 3.11. The van der Waals surface area contributed by atoms with Crippen LogP contribution in [-0.4, -0.2) is 24.2 Å². The molecule has 0 amide bonds. The second-order valence-corrected chi connectivity index (χ2v) is 4.12. The average molecular weight is 226 g/mol. The van der Waals surface area contributed by atoms with E-state index in [1.807, 2.05) is 0 Å². The molecule has 0 aliphatic carbocycles. The predicted molar refractivity (Wildman–Crippen MR) is 55.3 cm³/mol. The highest BCUT2D eigenvalue weighted by atomic mass is 32.1. The first-order valence-corrected chi connectivity index (χ1v) is 5.38. The van der Waals surface area contributed by atoms with Crippen molar-refractivity contribution in [1.82, 2.24) is 4.57 Å². The molecule has 1 aromatic rings. The minimum atomic E-state index is -0.508. The Bertz CT molecular complexity index is 555. The topological polar surface area (TPSA) is 60.7 Å². The third-order valence-electron chi connectivity index (χ3n) is 2.13. The van der Waals surface area contributed by atoms with Crippen molar-refractivity contribution in [3.8, 4) is 0 Å². The summed E-state index contributed by atoms with van der Waals surface area (Å²) in [5, 5.41) is 0. The van der Waals surface area contributed by atoms with E-state index in [1.54, 1.807) is 4.57 Å². The van der Waals surface area contributed by atoms with Crippen LogP contribution >= 0.6 is 11.3 Å². The van der Waals surface area contributed by atoms with Gasteiger partial charge in [-0.05, 0) is 6.42 Å². The second kappa shape index (κ2) is 3.98. The van der Waals surface area contributed by atoms with Crippen LogP contribution in [0.25, 0.3) is 6.08 Å². The molecule has 0 fully saturated rings. The lowest BCUT2D eigenvalue weighted by Crippen LogP contribution is -2.34. The SMILES string of the molecule is COC(=O)/C=c1\sc2n(c1=O)CCCN=2. The van der Waals surface area contributed by atoms with Crippen molar-refractivity contribution < 1.29 is 9.53 Å². The molecule has 1 aromatic heterocycles. The molecular weight excluding hydrogens is 216 g/mol. The Labute approximate surface area is 89.3 Å². The molecule has 15 heavy (non-hydrogen) atoms. The third kappa shape index (κ3) is 1.85. The molecule has 1 aliphatic rings. The maximum absolute atomic E-state index is 11.7. The summed E-state index contributed by atoms with van der Waals surface area (Å²) in [5.41, 5.74) is -0.149. The van der Waals surface area contributed by atoms with Gasteiger partial charge in [-0.25, -0.2) is 4.79 Å².